The van der Waals surface area contributed by atoms with Crippen LogP contribution >= 0.6 is 0 Å². The van der Waals surface area contributed by atoms with Gasteiger partial charge in [0.2, 0.25) is 6.17 Å². The molecule has 2 unspecified atom stereocenters. The van der Waals surface area contributed by atoms with Crippen molar-refractivity contribution in [2.45, 2.75) is 62.4 Å². The van der Waals surface area contributed by atoms with Crippen molar-refractivity contribution in [3.05, 3.63) is 0 Å². The fourth-order valence-electron chi connectivity index (χ4n) is 1.58. The van der Waals surface area contributed by atoms with Crippen molar-refractivity contribution in [2.24, 2.45) is 0 Å². The Morgan fingerprint density at radius 3 is 1.42 bits per heavy atom. The van der Waals surface area contributed by atoms with Crippen LogP contribution in [0.25, 0.3) is 0 Å². The van der Waals surface area contributed by atoms with Crippen molar-refractivity contribution < 1.29 is 57.4 Å². The zero-order valence-electron chi connectivity index (χ0n) is 11.8. The van der Waals surface area contributed by atoms with E-state index >= 15 is 0 Å². The zero-order valence-corrected chi connectivity index (χ0v) is 11.8. The summed E-state index contributed by atoms with van der Waals surface area (Å²) in [5, 5.41) is 0. The van der Waals surface area contributed by atoms with E-state index in [9.17, 15) is 52.7 Å². The molecule has 0 aromatic carbocycles. The smallest absolute Gasteiger partial charge is 0.337 e. The Morgan fingerprint density at radius 2 is 1.12 bits per heavy atom. The van der Waals surface area contributed by atoms with Crippen LogP contribution in [0.15, 0.2) is 0 Å². The number of hydrogen-bond donors (Lipinski definition) is 0. The Bertz CT molecular complexity index is 383. The number of hydrogen-bond acceptors (Lipinski definition) is 1. The number of unbranched alkanes of at least 4 members (excludes halogenated alkanes) is 2. The van der Waals surface area contributed by atoms with Gasteiger partial charge in [-0.05, 0) is 6.42 Å². The second kappa shape index (κ2) is 7.16. The third kappa shape index (κ3) is 4.20. The average molecular weight is 388 g/mol. The molecule has 0 radical (unpaired) electrons. The van der Waals surface area contributed by atoms with Crippen molar-refractivity contribution >= 4 is 0 Å². The molecule has 0 saturated heterocycles. The van der Waals surface area contributed by atoms with Gasteiger partial charge in [-0.2, -0.15) is 43.9 Å². The van der Waals surface area contributed by atoms with Gasteiger partial charge in [0, 0.05) is 0 Å². The normalized spacial score (nSPS) is 18.4. The molecule has 0 aromatic rings. The summed E-state index contributed by atoms with van der Waals surface area (Å²) in [6.07, 6.45) is -26.9. The summed E-state index contributed by atoms with van der Waals surface area (Å²) >= 11 is 0. The molecule has 13 heteroatoms. The van der Waals surface area contributed by atoms with Gasteiger partial charge in [-0.3, -0.25) is 0 Å². The van der Waals surface area contributed by atoms with Crippen molar-refractivity contribution in [1.29, 1.82) is 0 Å². The van der Waals surface area contributed by atoms with E-state index in [4.69, 9.17) is 0 Å². The third-order valence-electron chi connectivity index (χ3n) is 2.95. The Labute approximate surface area is 127 Å². The second-order valence-corrected chi connectivity index (χ2v) is 4.77. The van der Waals surface area contributed by atoms with Crippen LogP contribution in [0.4, 0.5) is 52.7 Å². The Morgan fingerprint density at radius 1 is 0.708 bits per heavy atom. The summed E-state index contributed by atoms with van der Waals surface area (Å²) < 4.78 is 155. The SMILES string of the molecule is CCCCCOC(F)(C(F)C(F)(C(F)(F)F)C(F)(F)F)C(F)(F)F. The van der Waals surface area contributed by atoms with Gasteiger partial charge < -0.3 is 4.74 Å². The summed E-state index contributed by atoms with van der Waals surface area (Å²) in [5.41, 5.74) is -7.12. The molecule has 24 heavy (non-hydrogen) atoms. The minimum Gasteiger partial charge on any atom is -0.337 e. The van der Waals surface area contributed by atoms with Gasteiger partial charge in [0.05, 0.1) is 6.61 Å². The van der Waals surface area contributed by atoms with Gasteiger partial charge in [0.15, 0.2) is 0 Å². The number of ether oxygens (including phenoxy) is 1. The van der Waals surface area contributed by atoms with Gasteiger partial charge in [-0.1, -0.05) is 19.8 Å². The molecule has 0 aromatic heterocycles. The molecule has 0 spiro atoms. The molecular formula is C11H12F12O. The van der Waals surface area contributed by atoms with Crippen LogP contribution in [-0.4, -0.2) is 42.8 Å². The van der Waals surface area contributed by atoms with Crippen LogP contribution in [0.2, 0.25) is 0 Å². The molecule has 2 atom stereocenters. The standard InChI is InChI=1S/C11H12F12O/c1-2-3-4-5-24-8(14,11(21,22)23)6(12)7(13,9(15,16)17)10(18,19)20/h6H,2-5H2,1H3. The summed E-state index contributed by atoms with van der Waals surface area (Å²) in [5.74, 6) is -6.14. The van der Waals surface area contributed by atoms with Gasteiger partial charge in [0.25, 0.3) is 0 Å². The molecule has 1 nitrogen and oxygen atoms in total. The molecule has 0 bridgehead atoms. The largest absolute Gasteiger partial charge is 0.451 e. The van der Waals surface area contributed by atoms with E-state index in [2.05, 4.69) is 4.74 Å². The lowest BCUT2D eigenvalue weighted by molar-refractivity contribution is -0.419. The highest BCUT2D eigenvalue weighted by Gasteiger charge is 2.84. The van der Waals surface area contributed by atoms with E-state index in [0.29, 0.717) is 6.42 Å². The molecule has 0 aliphatic heterocycles. The van der Waals surface area contributed by atoms with E-state index in [1.165, 1.54) is 6.92 Å². The highest BCUT2D eigenvalue weighted by molar-refractivity contribution is 5.08. The topological polar surface area (TPSA) is 9.23 Å². The Kier molecular flexibility index (Phi) is 6.90. The van der Waals surface area contributed by atoms with E-state index < -0.39 is 49.3 Å². The highest BCUT2D eigenvalue weighted by Crippen LogP contribution is 2.55. The lowest BCUT2D eigenvalue weighted by Gasteiger charge is -2.39. The number of alkyl halides is 12. The maximum atomic E-state index is 13.7. The maximum Gasteiger partial charge on any atom is 0.451 e. The van der Waals surface area contributed by atoms with E-state index in [0.717, 1.165) is 0 Å². The van der Waals surface area contributed by atoms with Crippen molar-refractivity contribution in [3.8, 4) is 0 Å². The fraction of sp³-hybridized carbons (Fsp3) is 1.00. The highest BCUT2D eigenvalue weighted by atomic mass is 19.4. The van der Waals surface area contributed by atoms with E-state index in [1.54, 1.807) is 0 Å². The molecule has 0 aliphatic rings. The van der Waals surface area contributed by atoms with E-state index in [-0.39, 0.29) is 6.42 Å². The fourth-order valence-corrected chi connectivity index (χ4v) is 1.58. The Hall–Kier alpha value is -0.880. The molecule has 0 fully saturated rings. The molecule has 0 rings (SSSR count). The maximum absolute atomic E-state index is 13.7. The molecule has 0 heterocycles. The third-order valence-corrected chi connectivity index (χ3v) is 2.95. The minimum atomic E-state index is -7.21. The first-order valence-corrected chi connectivity index (χ1v) is 6.32. The number of halogens is 12. The van der Waals surface area contributed by atoms with Gasteiger partial charge in [-0.25, -0.2) is 8.78 Å². The second-order valence-electron chi connectivity index (χ2n) is 4.77. The van der Waals surface area contributed by atoms with E-state index in [1.807, 2.05) is 0 Å². The van der Waals surface area contributed by atoms with Crippen LogP contribution in [0, 0.1) is 0 Å². The molecule has 146 valence electrons. The molecule has 0 N–H and O–H groups in total. The van der Waals surface area contributed by atoms with Crippen molar-refractivity contribution in [1.82, 2.24) is 0 Å². The molecule has 0 aliphatic carbocycles. The van der Waals surface area contributed by atoms with Gasteiger partial charge in [0.1, 0.15) is 0 Å². The lowest BCUT2D eigenvalue weighted by atomic mass is 9.92. The van der Waals surface area contributed by atoms with Gasteiger partial charge >= 0.3 is 30.1 Å². The lowest BCUT2D eigenvalue weighted by Crippen LogP contribution is -2.68. The number of rotatable bonds is 7. The van der Waals surface area contributed by atoms with Crippen molar-refractivity contribution in [3.63, 3.8) is 0 Å². The Balaban J connectivity index is 5.93. The first-order valence-electron chi connectivity index (χ1n) is 6.32. The molecular weight excluding hydrogens is 376 g/mol. The average Bonchev–Trinajstić information content (AvgIpc) is 2.37. The summed E-state index contributed by atoms with van der Waals surface area (Å²) in [4.78, 5) is 0. The van der Waals surface area contributed by atoms with Gasteiger partial charge in [-0.15, -0.1) is 0 Å². The molecule has 0 saturated carbocycles. The minimum absolute atomic E-state index is 0.0597. The summed E-state index contributed by atoms with van der Waals surface area (Å²) in [7, 11) is 0. The predicted octanol–water partition coefficient (Wildman–Crippen LogP) is 5.59. The molecule has 0 amide bonds. The summed E-state index contributed by atoms with van der Waals surface area (Å²) in [6, 6.07) is 0. The van der Waals surface area contributed by atoms with Crippen LogP contribution in [-0.2, 0) is 4.74 Å². The summed E-state index contributed by atoms with van der Waals surface area (Å²) in [6.45, 7) is 0.139. The first-order chi connectivity index (χ1) is 10.5. The van der Waals surface area contributed by atoms with Crippen LogP contribution in [0.5, 0.6) is 0 Å². The predicted molar refractivity (Wildman–Crippen MR) is 56.2 cm³/mol. The van der Waals surface area contributed by atoms with Crippen molar-refractivity contribution in [2.75, 3.05) is 6.61 Å². The van der Waals surface area contributed by atoms with Crippen LogP contribution in [0.1, 0.15) is 26.2 Å². The monoisotopic (exact) mass is 388 g/mol. The quantitative estimate of drug-likeness (QED) is 0.408. The first kappa shape index (κ1) is 23.1. The van der Waals surface area contributed by atoms with Crippen LogP contribution < -0.4 is 0 Å². The zero-order chi connectivity index (χ0) is 19.6. The van der Waals surface area contributed by atoms with Crippen LogP contribution in [0.3, 0.4) is 0 Å².